The number of ether oxygens (including phenoxy) is 1. The quantitative estimate of drug-likeness (QED) is 0.806. The van der Waals surface area contributed by atoms with E-state index in [1.54, 1.807) is 0 Å². The second-order valence-electron chi connectivity index (χ2n) is 4.26. The molecule has 0 spiro atoms. The molecule has 0 aromatic heterocycles. The van der Waals surface area contributed by atoms with E-state index in [4.69, 9.17) is 10.5 Å². The van der Waals surface area contributed by atoms with Crippen LogP contribution >= 0.6 is 0 Å². The Hall–Kier alpha value is -1.55. The molecule has 1 aromatic carbocycles. The van der Waals surface area contributed by atoms with Crippen LogP contribution in [0.25, 0.3) is 0 Å². The fraction of sp³-hybridized carbons (Fsp3) is 0.462. The Morgan fingerprint density at radius 2 is 2.18 bits per heavy atom. The van der Waals surface area contributed by atoms with Crippen molar-refractivity contribution in [2.24, 2.45) is 5.73 Å². The van der Waals surface area contributed by atoms with Crippen LogP contribution in [0.4, 0.5) is 0 Å². The van der Waals surface area contributed by atoms with E-state index in [1.807, 2.05) is 39.0 Å². The van der Waals surface area contributed by atoms with Gasteiger partial charge in [0.2, 0.25) is 0 Å². The summed E-state index contributed by atoms with van der Waals surface area (Å²) in [4.78, 5) is 11.5. The number of carbonyl (C=O) groups is 1. The van der Waals surface area contributed by atoms with Crippen molar-refractivity contribution in [1.29, 1.82) is 0 Å². The molecule has 0 aliphatic heterocycles. The number of hydrogen-bond acceptors (Lipinski definition) is 3. The van der Waals surface area contributed by atoms with Gasteiger partial charge in [-0.3, -0.25) is 4.79 Å². The number of benzene rings is 1. The molecule has 0 bridgehead atoms. The van der Waals surface area contributed by atoms with E-state index >= 15 is 0 Å². The monoisotopic (exact) mass is 236 g/mol. The van der Waals surface area contributed by atoms with E-state index in [2.05, 4.69) is 5.32 Å². The summed E-state index contributed by atoms with van der Waals surface area (Å²) in [6.45, 7) is 6.25. The minimum Gasteiger partial charge on any atom is -0.483 e. The number of nitrogens with one attached hydrogen (secondary N) is 1. The highest BCUT2D eigenvalue weighted by molar-refractivity contribution is 5.77. The zero-order chi connectivity index (χ0) is 12.8. The number of amides is 1. The lowest BCUT2D eigenvalue weighted by atomic mass is 10.1. The van der Waals surface area contributed by atoms with E-state index in [0.29, 0.717) is 6.54 Å². The van der Waals surface area contributed by atoms with Gasteiger partial charge in [0.05, 0.1) is 0 Å². The summed E-state index contributed by atoms with van der Waals surface area (Å²) in [5, 5.41) is 2.74. The number of hydrogen-bond donors (Lipinski definition) is 2. The maximum atomic E-state index is 11.5. The summed E-state index contributed by atoms with van der Waals surface area (Å²) in [6, 6.07) is 5.89. The minimum absolute atomic E-state index is 0.0225. The van der Waals surface area contributed by atoms with Gasteiger partial charge in [-0.2, -0.15) is 0 Å². The molecule has 0 radical (unpaired) electrons. The molecule has 0 heterocycles. The van der Waals surface area contributed by atoms with Crippen LogP contribution in [0.2, 0.25) is 0 Å². The SMILES string of the molecule is Cc1ccc(C)c(OCC(=O)NC(C)CN)c1. The maximum absolute atomic E-state index is 11.5. The summed E-state index contributed by atoms with van der Waals surface area (Å²) in [5.74, 6) is 0.601. The molecule has 3 N–H and O–H groups in total. The fourth-order valence-electron chi connectivity index (χ4n) is 1.38. The summed E-state index contributed by atoms with van der Waals surface area (Å²) < 4.78 is 5.47. The number of nitrogens with two attached hydrogens (primary N) is 1. The van der Waals surface area contributed by atoms with E-state index in [9.17, 15) is 4.79 Å². The van der Waals surface area contributed by atoms with Crippen LogP contribution in [-0.4, -0.2) is 25.1 Å². The Kier molecular flexibility index (Phi) is 4.97. The number of rotatable bonds is 5. The van der Waals surface area contributed by atoms with Gasteiger partial charge in [-0.1, -0.05) is 12.1 Å². The van der Waals surface area contributed by atoms with Gasteiger partial charge in [-0.05, 0) is 38.0 Å². The van der Waals surface area contributed by atoms with Crippen LogP contribution in [0.5, 0.6) is 5.75 Å². The normalized spacial score (nSPS) is 12.0. The maximum Gasteiger partial charge on any atom is 0.258 e. The Morgan fingerprint density at radius 1 is 1.47 bits per heavy atom. The molecule has 1 atom stereocenters. The predicted molar refractivity (Wildman–Crippen MR) is 68.1 cm³/mol. The average molecular weight is 236 g/mol. The summed E-state index contributed by atoms with van der Waals surface area (Å²) in [6.07, 6.45) is 0. The topological polar surface area (TPSA) is 64.3 Å². The van der Waals surface area contributed by atoms with Crippen LogP contribution < -0.4 is 15.8 Å². The van der Waals surface area contributed by atoms with Crippen molar-refractivity contribution in [2.75, 3.05) is 13.2 Å². The first-order valence-electron chi connectivity index (χ1n) is 5.72. The van der Waals surface area contributed by atoms with Crippen molar-refractivity contribution in [3.63, 3.8) is 0 Å². The third kappa shape index (κ3) is 4.44. The van der Waals surface area contributed by atoms with Crippen molar-refractivity contribution in [1.82, 2.24) is 5.32 Å². The molecular weight excluding hydrogens is 216 g/mol. The van der Waals surface area contributed by atoms with Crippen molar-refractivity contribution in [3.05, 3.63) is 29.3 Å². The first-order chi connectivity index (χ1) is 8.02. The molecule has 4 nitrogen and oxygen atoms in total. The van der Waals surface area contributed by atoms with Crippen molar-refractivity contribution in [3.8, 4) is 5.75 Å². The standard InChI is InChI=1S/C13H20N2O2/c1-9-4-5-10(2)12(6-9)17-8-13(16)15-11(3)7-14/h4-6,11H,7-8,14H2,1-3H3,(H,15,16). The molecule has 1 unspecified atom stereocenters. The second-order valence-corrected chi connectivity index (χ2v) is 4.26. The molecule has 4 heteroatoms. The number of carbonyl (C=O) groups excluding carboxylic acids is 1. The van der Waals surface area contributed by atoms with Crippen molar-refractivity contribution >= 4 is 5.91 Å². The summed E-state index contributed by atoms with van der Waals surface area (Å²) in [7, 11) is 0. The van der Waals surface area contributed by atoms with E-state index in [-0.39, 0.29) is 18.6 Å². The largest absolute Gasteiger partial charge is 0.483 e. The highest BCUT2D eigenvalue weighted by Crippen LogP contribution is 2.18. The number of aryl methyl sites for hydroxylation is 2. The average Bonchev–Trinajstić information content (AvgIpc) is 2.30. The smallest absolute Gasteiger partial charge is 0.258 e. The molecular formula is C13H20N2O2. The van der Waals surface area contributed by atoms with Gasteiger partial charge in [0.15, 0.2) is 6.61 Å². The molecule has 1 rings (SSSR count). The highest BCUT2D eigenvalue weighted by Gasteiger charge is 2.07. The molecule has 0 saturated carbocycles. The van der Waals surface area contributed by atoms with Crippen LogP contribution in [0.15, 0.2) is 18.2 Å². The Balaban J connectivity index is 2.50. The van der Waals surface area contributed by atoms with Crippen LogP contribution in [-0.2, 0) is 4.79 Å². The highest BCUT2D eigenvalue weighted by atomic mass is 16.5. The van der Waals surface area contributed by atoms with E-state index in [0.717, 1.165) is 16.9 Å². The van der Waals surface area contributed by atoms with Crippen LogP contribution in [0.3, 0.4) is 0 Å². The summed E-state index contributed by atoms with van der Waals surface area (Å²) >= 11 is 0. The predicted octanol–water partition coefficient (Wildman–Crippen LogP) is 1.15. The lowest BCUT2D eigenvalue weighted by Gasteiger charge is -2.13. The molecule has 17 heavy (non-hydrogen) atoms. The lowest BCUT2D eigenvalue weighted by Crippen LogP contribution is -2.40. The van der Waals surface area contributed by atoms with Gasteiger partial charge in [0.25, 0.3) is 5.91 Å². The van der Waals surface area contributed by atoms with Gasteiger partial charge in [-0.25, -0.2) is 0 Å². The van der Waals surface area contributed by atoms with Crippen molar-refractivity contribution < 1.29 is 9.53 Å². The van der Waals surface area contributed by atoms with E-state index in [1.165, 1.54) is 0 Å². The summed E-state index contributed by atoms with van der Waals surface area (Å²) in [5.41, 5.74) is 7.55. The molecule has 0 fully saturated rings. The van der Waals surface area contributed by atoms with Gasteiger partial charge >= 0.3 is 0 Å². The first-order valence-corrected chi connectivity index (χ1v) is 5.72. The van der Waals surface area contributed by atoms with Gasteiger partial charge in [0.1, 0.15) is 5.75 Å². The molecule has 1 aromatic rings. The van der Waals surface area contributed by atoms with Crippen LogP contribution in [0.1, 0.15) is 18.1 Å². The molecule has 1 amide bonds. The third-order valence-electron chi connectivity index (χ3n) is 2.46. The Bertz CT molecular complexity index is 391. The zero-order valence-electron chi connectivity index (χ0n) is 10.6. The van der Waals surface area contributed by atoms with Gasteiger partial charge in [-0.15, -0.1) is 0 Å². The molecule has 94 valence electrons. The third-order valence-corrected chi connectivity index (χ3v) is 2.46. The Labute approximate surface area is 102 Å². The minimum atomic E-state index is -0.149. The van der Waals surface area contributed by atoms with Gasteiger partial charge in [0, 0.05) is 12.6 Å². The zero-order valence-corrected chi connectivity index (χ0v) is 10.6. The molecule has 0 aliphatic rings. The lowest BCUT2D eigenvalue weighted by molar-refractivity contribution is -0.123. The second kappa shape index (κ2) is 6.25. The fourth-order valence-corrected chi connectivity index (χ4v) is 1.38. The van der Waals surface area contributed by atoms with Crippen molar-refractivity contribution in [2.45, 2.75) is 26.8 Å². The molecule has 0 aliphatic carbocycles. The van der Waals surface area contributed by atoms with Gasteiger partial charge < -0.3 is 15.8 Å². The van der Waals surface area contributed by atoms with Crippen LogP contribution in [0, 0.1) is 13.8 Å². The first kappa shape index (κ1) is 13.5. The molecule has 0 saturated heterocycles. The van der Waals surface area contributed by atoms with E-state index < -0.39 is 0 Å². The Morgan fingerprint density at radius 3 is 2.82 bits per heavy atom.